The minimum atomic E-state index is -0.587. The molecule has 208 valence electrons. The van der Waals surface area contributed by atoms with E-state index in [0.29, 0.717) is 13.0 Å². The number of rotatable bonds is 10. The topological polar surface area (TPSA) is 109 Å². The zero-order chi connectivity index (χ0) is 28.7. The van der Waals surface area contributed by atoms with Crippen LogP contribution in [0.25, 0.3) is 16.9 Å². The molecule has 4 aromatic rings. The van der Waals surface area contributed by atoms with Crippen LogP contribution in [-0.2, 0) is 27.8 Å². The van der Waals surface area contributed by atoms with E-state index in [0.717, 1.165) is 41.0 Å². The summed E-state index contributed by atoms with van der Waals surface area (Å²) < 4.78 is 1.98. The summed E-state index contributed by atoms with van der Waals surface area (Å²) in [7, 11) is 0. The Labute approximate surface area is 235 Å². The molecule has 0 saturated carbocycles. The van der Waals surface area contributed by atoms with Crippen LogP contribution in [0.2, 0.25) is 0 Å². The molecule has 2 aromatic heterocycles. The van der Waals surface area contributed by atoms with E-state index in [1.165, 1.54) is 12.5 Å². The predicted molar refractivity (Wildman–Crippen MR) is 156 cm³/mol. The number of pyridine rings is 1. The van der Waals surface area contributed by atoms with Gasteiger partial charge in [-0.05, 0) is 84.8 Å². The van der Waals surface area contributed by atoms with E-state index >= 15 is 0 Å². The van der Waals surface area contributed by atoms with Crippen LogP contribution in [0.5, 0.6) is 5.75 Å². The van der Waals surface area contributed by atoms with Gasteiger partial charge in [-0.1, -0.05) is 45.0 Å². The van der Waals surface area contributed by atoms with Gasteiger partial charge in [0.15, 0.2) is 0 Å². The zero-order valence-electron chi connectivity index (χ0n) is 23.5. The smallest absolute Gasteiger partial charge is 0.244 e. The monoisotopic (exact) mass is 539 g/mol. The predicted octanol–water partition coefficient (Wildman–Crippen LogP) is 4.73. The summed E-state index contributed by atoms with van der Waals surface area (Å²) in [5, 5.41) is 20.2. The molecule has 0 aliphatic heterocycles. The van der Waals surface area contributed by atoms with E-state index in [4.69, 9.17) is 5.10 Å². The van der Waals surface area contributed by atoms with Gasteiger partial charge in [0.25, 0.3) is 0 Å². The second-order valence-corrected chi connectivity index (χ2v) is 11.0. The molecule has 0 fully saturated rings. The molecule has 2 heterocycles. The minimum Gasteiger partial charge on any atom is -0.508 e. The maximum Gasteiger partial charge on any atom is 0.244 e. The number of aryl methyl sites for hydroxylation is 1. The van der Waals surface area contributed by atoms with Crippen LogP contribution in [-0.4, -0.2) is 44.3 Å². The number of carbonyl (C=O) groups excluding carboxylic acids is 2. The third kappa shape index (κ3) is 7.64. The number of hydrogen-bond acceptors (Lipinski definition) is 6. The van der Waals surface area contributed by atoms with Gasteiger partial charge < -0.3 is 10.4 Å². The molecule has 8 heteroatoms. The van der Waals surface area contributed by atoms with E-state index in [9.17, 15) is 14.7 Å². The molecule has 3 N–H and O–H groups in total. The second-order valence-electron chi connectivity index (χ2n) is 11.0. The highest BCUT2D eigenvalue weighted by molar-refractivity contribution is 5.96. The van der Waals surface area contributed by atoms with Gasteiger partial charge in [0.2, 0.25) is 11.8 Å². The maximum absolute atomic E-state index is 12.7. The minimum absolute atomic E-state index is 0.0602. The number of nitrogens with one attached hydrogen (secondary N) is 2. The summed E-state index contributed by atoms with van der Waals surface area (Å²) in [5.74, 6) is -0.603. The van der Waals surface area contributed by atoms with Crippen molar-refractivity contribution in [2.24, 2.45) is 0 Å². The molecule has 8 nitrogen and oxygen atoms in total. The van der Waals surface area contributed by atoms with Gasteiger partial charge in [0, 0.05) is 30.6 Å². The fourth-order valence-corrected chi connectivity index (χ4v) is 4.52. The van der Waals surface area contributed by atoms with Crippen LogP contribution in [0.1, 0.15) is 50.9 Å². The van der Waals surface area contributed by atoms with Crippen molar-refractivity contribution in [3.05, 3.63) is 95.9 Å². The zero-order valence-corrected chi connectivity index (χ0v) is 23.5. The maximum atomic E-state index is 12.7. The molecule has 0 aliphatic rings. The molecule has 4 rings (SSSR count). The first kappa shape index (κ1) is 28.7. The highest BCUT2D eigenvalue weighted by atomic mass is 16.3. The number of benzene rings is 2. The van der Waals surface area contributed by atoms with Crippen molar-refractivity contribution in [3.63, 3.8) is 0 Å². The van der Waals surface area contributed by atoms with Gasteiger partial charge in [-0.2, -0.15) is 5.10 Å². The van der Waals surface area contributed by atoms with Crippen molar-refractivity contribution in [1.82, 2.24) is 25.4 Å². The largest absolute Gasteiger partial charge is 0.508 e. The number of aromatic hydroxyl groups is 1. The Kier molecular flexibility index (Phi) is 9.11. The third-order valence-corrected chi connectivity index (χ3v) is 6.73. The number of imide groups is 1. The number of phenols is 1. The summed E-state index contributed by atoms with van der Waals surface area (Å²) in [6.45, 7) is 8.47. The average molecular weight is 540 g/mol. The lowest BCUT2D eigenvalue weighted by Crippen LogP contribution is -2.47. The van der Waals surface area contributed by atoms with Crippen LogP contribution in [0, 0.1) is 0 Å². The molecule has 0 spiro atoms. The quantitative estimate of drug-likeness (QED) is 0.251. The molecule has 0 aliphatic carbocycles. The first-order valence-corrected chi connectivity index (χ1v) is 13.5. The van der Waals surface area contributed by atoms with Crippen LogP contribution in [0.4, 0.5) is 0 Å². The number of hydrogen-bond donors (Lipinski definition) is 3. The van der Waals surface area contributed by atoms with Gasteiger partial charge in [-0.15, -0.1) is 0 Å². The van der Waals surface area contributed by atoms with Crippen molar-refractivity contribution in [3.8, 4) is 22.7 Å². The van der Waals surface area contributed by atoms with Gasteiger partial charge in [0.1, 0.15) is 5.75 Å². The SMILES string of the molecule is CC(=O)NC(=O)C(Cc1ccc(O)cc1)NCCCc1cc(-c2ccncc2)nn1-c1ccc(C(C)(C)C)cc1. The van der Waals surface area contributed by atoms with Gasteiger partial charge in [0.05, 0.1) is 17.4 Å². The van der Waals surface area contributed by atoms with Crippen LogP contribution < -0.4 is 10.6 Å². The Morgan fingerprint density at radius 2 is 1.65 bits per heavy atom. The van der Waals surface area contributed by atoms with Crippen molar-refractivity contribution >= 4 is 11.8 Å². The van der Waals surface area contributed by atoms with E-state index in [-0.39, 0.29) is 17.1 Å². The summed E-state index contributed by atoms with van der Waals surface area (Å²) in [4.78, 5) is 28.4. The Bertz CT molecular complexity index is 1420. The molecule has 2 amide bonds. The van der Waals surface area contributed by atoms with Crippen molar-refractivity contribution in [2.75, 3.05) is 6.54 Å². The Morgan fingerprint density at radius 3 is 2.27 bits per heavy atom. The molecular weight excluding hydrogens is 502 g/mol. The fourth-order valence-electron chi connectivity index (χ4n) is 4.52. The molecule has 0 saturated heterocycles. The summed E-state index contributed by atoms with van der Waals surface area (Å²) >= 11 is 0. The van der Waals surface area contributed by atoms with Crippen LogP contribution in [0.15, 0.2) is 79.1 Å². The first-order valence-electron chi connectivity index (χ1n) is 13.5. The number of amides is 2. The van der Waals surface area contributed by atoms with Crippen molar-refractivity contribution in [1.29, 1.82) is 0 Å². The van der Waals surface area contributed by atoms with Gasteiger partial charge in [-0.3, -0.25) is 19.9 Å². The standard InChI is InChI=1S/C32H37N5O3/c1-22(38)35-31(40)30(20-23-7-13-28(39)14-8-23)34-17-5-6-27-21-29(24-15-18-33-19-16-24)36-37(27)26-11-9-25(10-12-26)32(2,3)4/h7-16,18-19,21,30,34,39H,5-6,17,20H2,1-4H3,(H,35,38,40). The molecule has 40 heavy (non-hydrogen) atoms. The van der Waals surface area contributed by atoms with Gasteiger partial charge in [-0.25, -0.2) is 4.68 Å². The number of aromatic nitrogens is 3. The first-order chi connectivity index (χ1) is 19.1. The highest BCUT2D eigenvalue weighted by Crippen LogP contribution is 2.26. The third-order valence-electron chi connectivity index (χ3n) is 6.73. The Balaban J connectivity index is 1.50. The van der Waals surface area contributed by atoms with E-state index in [1.807, 2.05) is 16.8 Å². The second kappa shape index (κ2) is 12.7. The fraction of sp³-hybridized carbons (Fsp3) is 0.312. The van der Waals surface area contributed by atoms with Crippen LogP contribution >= 0.6 is 0 Å². The van der Waals surface area contributed by atoms with Crippen LogP contribution in [0.3, 0.4) is 0 Å². The van der Waals surface area contributed by atoms with Gasteiger partial charge >= 0.3 is 0 Å². The van der Waals surface area contributed by atoms with Crippen molar-refractivity contribution in [2.45, 2.75) is 58.4 Å². The Hall–Kier alpha value is -4.30. The molecular formula is C32H37N5O3. The highest BCUT2D eigenvalue weighted by Gasteiger charge is 2.20. The number of carbonyl (C=O) groups is 2. The lowest BCUT2D eigenvalue weighted by molar-refractivity contribution is -0.130. The van der Waals surface area contributed by atoms with E-state index < -0.39 is 11.9 Å². The number of nitrogens with zero attached hydrogens (tertiary/aromatic N) is 3. The molecule has 2 aromatic carbocycles. The molecule has 1 unspecified atom stereocenters. The summed E-state index contributed by atoms with van der Waals surface area (Å²) in [5.41, 5.74) is 6.11. The molecule has 0 bridgehead atoms. The summed E-state index contributed by atoms with van der Waals surface area (Å²) in [6, 6.07) is 20.6. The molecule has 0 radical (unpaired) electrons. The summed E-state index contributed by atoms with van der Waals surface area (Å²) in [6.07, 6.45) is 5.39. The normalized spacial score (nSPS) is 12.2. The molecule has 1 atom stereocenters. The average Bonchev–Trinajstić information content (AvgIpc) is 3.35. The lowest BCUT2D eigenvalue weighted by Gasteiger charge is -2.19. The van der Waals surface area contributed by atoms with E-state index in [2.05, 4.69) is 66.7 Å². The Morgan fingerprint density at radius 1 is 0.975 bits per heavy atom. The van der Waals surface area contributed by atoms with Crippen molar-refractivity contribution < 1.29 is 14.7 Å². The lowest BCUT2D eigenvalue weighted by atomic mass is 9.87. The number of phenolic OH excluding ortho intramolecular Hbond substituents is 1. The van der Waals surface area contributed by atoms with E-state index in [1.54, 1.807) is 36.7 Å².